The number of hydrogen-bond donors (Lipinski definition) is 1. The molecular formula is C27H27N3O4S. The van der Waals surface area contributed by atoms with E-state index in [1.165, 1.54) is 4.90 Å². The quantitative estimate of drug-likeness (QED) is 0.279. The maximum Gasteiger partial charge on any atom is 0.271 e. The Morgan fingerprint density at radius 2 is 1.69 bits per heavy atom. The molecular weight excluding hydrogens is 462 g/mol. The fourth-order valence-corrected chi connectivity index (χ4v) is 4.24. The summed E-state index contributed by atoms with van der Waals surface area (Å²) in [6, 6.07) is 24.9. The second-order valence-electron chi connectivity index (χ2n) is 7.85. The number of amides is 2. The average molecular weight is 490 g/mol. The molecule has 0 radical (unpaired) electrons. The van der Waals surface area contributed by atoms with Crippen molar-refractivity contribution in [1.82, 2.24) is 10.3 Å². The summed E-state index contributed by atoms with van der Waals surface area (Å²) in [5, 5.41) is 4.04. The van der Waals surface area contributed by atoms with E-state index in [1.54, 1.807) is 47.1 Å². The lowest BCUT2D eigenvalue weighted by Crippen LogP contribution is -2.42. The molecule has 1 heterocycles. The number of morpholine rings is 1. The van der Waals surface area contributed by atoms with Crippen LogP contribution in [0.25, 0.3) is 0 Å². The van der Waals surface area contributed by atoms with E-state index in [4.69, 9.17) is 9.47 Å². The summed E-state index contributed by atoms with van der Waals surface area (Å²) in [6.45, 7) is 2.32. The molecule has 3 aromatic rings. The van der Waals surface area contributed by atoms with Gasteiger partial charge in [0.15, 0.2) is 6.61 Å². The van der Waals surface area contributed by atoms with Crippen LogP contribution in [0.15, 0.2) is 88.9 Å². The molecule has 8 heteroatoms. The summed E-state index contributed by atoms with van der Waals surface area (Å²) >= 11 is 1.75. The molecule has 1 aliphatic heterocycles. The fraction of sp³-hybridized carbons (Fsp3) is 0.222. The van der Waals surface area contributed by atoms with Crippen LogP contribution in [0.3, 0.4) is 0 Å². The molecule has 0 atom stereocenters. The molecule has 2 amide bonds. The fourth-order valence-electron chi connectivity index (χ4n) is 3.36. The smallest absolute Gasteiger partial charge is 0.271 e. The Balaban J connectivity index is 1.20. The van der Waals surface area contributed by atoms with Gasteiger partial charge in [0.05, 0.1) is 19.4 Å². The standard InChI is InChI=1S/C27H27N3O4S/c31-26(30-14-16-33-17-15-30)19-34-24-12-8-21(9-13-24)18-28-29-27(32)23-10-6-22(7-11-23)20-35-25-4-2-1-3-5-25/h1-13,18H,14-17,19-20H2,(H,29,32)/b28-18+. The van der Waals surface area contributed by atoms with Crippen LogP contribution < -0.4 is 10.2 Å². The summed E-state index contributed by atoms with van der Waals surface area (Å²) in [4.78, 5) is 27.5. The minimum Gasteiger partial charge on any atom is -0.484 e. The van der Waals surface area contributed by atoms with Gasteiger partial charge in [-0.05, 0) is 59.7 Å². The van der Waals surface area contributed by atoms with Crippen LogP contribution in [0.2, 0.25) is 0 Å². The number of ether oxygens (including phenoxy) is 2. The summed E-state index contributed by atoms with van der Waals surface area (Å²) in [5.41, 5.74) is 5.04. The van der Waals surface area contributed by atoms with Gasteiger partial charge in [-0.1, -0.05) is 30.3 Å². The molecule has 0 saturated carbocycles. The highest BCUT2D eigenvalue weighted by Crippen LogP contribution is 2.22. The van der Waals surface area contributed by atoms with Crippen molar-refractivity contribution in [3.05, 3.63) is 95.6 Å². The number of carbonyl (C=O) groups is 2. The molecule has 3 aromatic carbocycles. The van der Waals surface area contributed by atoms with Gasteiger partial charge in [0.1, 0.15) is 5.75 Å². The number of hydrogen-bond acceptors (Lipinski definition) is 6. The number of nitrogens with zero attached hydrogens (tertiary/aromatic N) is 2. The monoisotopic (exact) mass is 489 g/mol. The Hall–Kier alpha value is -3.62. The lowest BCUT2D eigenvalue weighted by Gasteiger charge is -2.26. The van der Waals surface area contributed by atoms with Gasteiger partial charge in [0.2, 0.25) is 0 Å². The molecule has 0 bridgehead atoms. The Morgan fingerprint density at radius 1 is 0.971 bits per heavy atom. The third-order valence-corrected chi connectivity index (χ3v) is 6.43. The van der Waals surface area contributed by atoms with Crippen molar-refractivity contribution in [2.45, 2.75) is 10.6 Å². The van der Waals surface area contributed by atoms with Crippen molar-refractivity contribution in [3.8, 4) is 5.75 Å². The molecule has 1 aliphatic rings. The van der Waals surface area contributed by atoms with Crippen LogP contribution in [-0.2, 0) is 15.3 Å². The molecule has 1 N–H and O–H groups in total. The number of hydrazone groups is 1. The van der Waals surface area contributed by atoms with Gasteiger partial charge in [-0.25, -0.2) is 5.43 Å². The Bertz CT molecular complexity index is 1130. The van der Waals surface area contributed by atoms with E-state index in [2.05, 4.69) is 22.7 Å². The summed E-state index contributed by atoms with van der Waals surface area (Å²) in [5.74, 6) is 1.11. The highest BCUT2D eigenvalue weighted by molar-refractivity contribution is 7.98. The number of rotatable bonds is 9. The second-order valence-corrected chi connectivity index (χ2v) is 8.90. The largest absolute Gasteiger partial charge is 0.484 e. The topological polar surface area (TPSA) is 80.2 Å². The number of nitrogens with one attached hydrogen (secondary N) is 1. The summed E-state index contributed by atoms with van der Waals surface area (Å²) < 4.78 is 10.8. The third-order valence-electron chi connectivity index (χ3n) is 5.35. The first-order valence-corrected chi connectivity index (χ1v) is 12.3. The van der Waals surface area contributed by atoms with E-state index in [9.17, 15) is 9.59 Å². The second kappa shape index (κ2) is 12.7. The normalized spacial score (nSPS) is 13.5. The van der Waals surface area contributed by atoms with Gasteiger partial charge in [-0.15, -0.1) is 11.8 Å². The van der Waals surface area contributed by atoms with E-state index < -0.39 is 0 Å². The van der Waals surface area contributed by atoms with E-state index in [0.717, 1.165) is 16.9 Å². The van der Waals surface area contributed by atoms with Crippen LogP contribution in [0.4, 0.5) is 0 Å². The van der Waals surface area contributed by atoms with E-state index in [1.807, 2.05) is 42.5 Å². The maximum absolute atomic E-state index is 12.4. The molecule has 0 aliphatic carbocycles. The lowest BCUT2D eigenvalue weighted by atomic mass is 10.1. The highest BCUT2D eigenvalue weighted by atomic mass is 32.2. The van der Waals surface area contributed by atoms with Crippen molar-refractivity contribution >= 4 is 29.8 Å². The van der Waals surface area contributed by atoms with Crippen LogP contribution in [0, 0.1) is 0 Å². The molecule has 7 nitrogen and oxygen atoms in total. The first-order chi connectivity index (χ1) is 17.2. The van der Waals surface area contributed by atoms with Crippen LogP contribution >= 0.6 is 11.8 Å². The lowest BCUT2D eigenvalue weighted by molar-refractivity contribution is -0.137. The molecule has 0 unspecified atom stereocenters. The van der Waals surface area contributed by atoms with Gasteiger partial charge in [-0.2, -0.15) is 5.10 Å². The van der Waals surface area contributed by atoms with Crippen molar-refractivity contribution in [2.24, 2.45) is 5.10 Å². The predicted octanol–water partition coefficient (Wildman–Crippen LogP) is 3.98. The minimum atomic E-state index is -0.273. The van der Waals surface area contributed by atoms with Crippen molar-refractivity contribution < 1.29 is 19.1 Å². The minimum absolute atomic E-state index is 0.00672. The molecule has 1 saturated heterocycles. The Kier molecular flexibility index (Phi) is 8.91. The molecule has 4 rings (SSSR count). The first-order valence-electron chi connectivity index (χ1n) is 11.4. The Labute approximate surface area is 209 Å². The molecule has 180 valence electrons. The SMILES string of the molecule is O=C(N/N=C/c1ccc(OCC(=O)N2CCOCC2)cc1)c1ccc(CSc2ccccc2)cc1. The molecule has 35 heavy (non-hydrogen) atoms. The van der Waals surface area contributed by atoms with Crippen LogP contribution in [0.1, 0.15) is 21.5 Å². The van der Waals surface area contributed by atoms with Crippen molar-refractivity contribution in [2.75, 3.05) is 32.9 Å². The maximum atomic E-state index is 12.4. The van der Waals surface area contributed by atoms with Gasteiger partial charge in [0, 0.05) is 29.3 Å². The van der Waals surface area contributed by atoms with Gasteiger partial charge >= 0.3 is 0 Å². The van der Waals surface area contributed by atoms with Gasteiger partial charge < -0.3 is 14.4 Å². The average Bonchev–Trinajstić information content (AvgIpc) is 2.92. The Morgan fingerprint density at radius 3 is 2.40 bits per heavy atom. The number of thioether (sulfide) groups is 1. The van der Waals surface area contributed by atoms with E-state index in [0.29, 0.717) is 37.6 Å². The van der Waals surface area contributed by atoms with E-state index in [-0.39, 0.29) is 18.4 Å². The molecule has 1 fully saturated rings. The highest BCUT2D eigenvalue weighted by Gasteiger charge is 2.17. The van der Waals surface area contributed by atoms with Crippen molar-refractivity contribution in [3.63, 3.8) is 0 Å². The zero-order valence-corrected chi connectivity index (χ0v) is 20.1. The van der Waals surface area contributed by atoms with Gasteiger partial charge in [0.25, 0.3) is 11.8 Å². The van der Waals surface area contributed by atoms with Crippen LogP contribution in [-0.4, -0.2) is 55.8 Å². The number of benzene rings is 3. The zero-order valence-electron chi connectivity index (χ0n) is 19.3. The number of carbonyl (C=O) groups excluding carboxylic acids is 2. The first kappa shape index (κ1) is 24.5. The summed E-state index contributed by atoms with van der Waals surface area (Å²) in [6.07, 6.45) is 1.56. The van der Waals surface area contributed by atoms with Crippen molar-refractivity contribution in [1.29, 1.82) is 0 Å². The van der Waals surface area contributed by atoms with Gasteiger partial charge in [-0.3, -0.25) is 9.59 Å². The van der Waals surface area contributed by atoms with E-state index >= 15 is 0 Å². The molecule has 0 aromatic heterocycles. The van der Waals surface area contributed by atoms with Crippen LogP contribution in [0.5, 0.6) is 5.75 Å². The zero-order chi connectivity index (χ0) is 24.3. The molecule has 0 spiro atoms. The third kappa shape index (κ3) is 7.70. The summed E-state index contributed by atoms with van der Waals surface area (Å²) in [7, 11) is 0. The predicted molar refractivity (Wildman–Crippen MR) is 137 cm³/mol.